The molecule has 1 unspecified atom stereocenters. The highest BCUT2D eigenvalue weighted by molar-refractivity contribution is 9.10. The molecule has 0 radical (unpaired) electrons. The first-order chi connectivity index (χ1) is 10.0. The smallest absolute Gasteiger partial charge is 0.335 e. The highest BCUT2D eigenvalue weighted by atomic mass is 79.9. The number of carbonyl (C=O) groups excluding carboxylic acids is 1. The molecule has 7 heteroatoms. The highest BCUT2D eigenvalue weighted by Gasteiger charge is 2.25. The van der Waals surface area contributed by atoms with Crippen molar-refractivity contribution in [1.82, 2.24) is 5.32 Å². The Morgan fingerprint density at radius 2 is 2.19 bits per heavy atom. The van der Waals surface area contributed by atoms with Crippen LogP contribution in [0.5, 0.6) is 11.5 Å². The summed E-state index contributed by atoms with van der Waals surface area (Å²) in [4.78, 5) is 23.0. The van der Waals surface area contributed by atoms with Crippen LogP contribution in [0, 0.1) is 0 Å². The Balaban J connectivity index is 2.30. The van der Waals surface area contributed by atoms with Gasteiger partial charge in [0.25, 0.3) is 5.91 Å². The van der Waals surface area contributed by atoms with Gasteiger partial charge in [0.15, 0.2) is 17.6 Å². The van der Waals surface area contributed by atoms with Gasteiger partial charge in [0.1, 0.15) is 0 Å². The number of nitrogens with one attached hydrogen (secondary N) is 1. The Kier molecular flexibility index (Phi) is 5.06. The second kappa shape index (κ2) is 6.80. The SMILES string of the molecule is COc1cc(C(=O)O)cc(Br)c1OC1CCCCNC1=O. The third-order valence-corrected chi connectivity index (χ3v) is 3.81. The normalized spacial score (nSPS) is 18.6. The summed E-state index contributed by atoms with van der Waals surface area (Å²) in [7, 11) is 1.42. The molecule has 1 heterocycles. The minimum Gasteiger partial charge on any atom is -0.493 e. The van der Waals surface area contributed by atoms with E-state index in [0.717, 1.165) is 12.8 Å². The van der Waals surface area contributed by atoms with E-state index in [9.17, 15) is 9.59 Å². The summed E-state index contributed by atoms with van der Waals surface area (Å²) in [5.41, 5.74) is 0.0800. The Morgan fingerprint density at radius 1 is 1.43 bits per heavy atom. The second-order valence-electron chi connectivity index (χ2n) is 4.69. The van der Waals surface area contributed by atoms with E-state index < -0.39 is 12.1 Å². The maximum Gasteiger partial charge on any atom is 0.335 e. The van der Waals surface area contributed by atoms with Crippen LogP contribution in [0.4, 0.5) is 0 Å². The number of carbonyl (C=O) groups is 2. The summed E-state index contributed by atoms with van der Waals surface area (Å²) in [5, 5.41) is 11.8. The van der Waals surface area contributed by atoms with Crippen molar-refractivity contribution in [2.75, 3.05) is 13.7 Å². The topological polar surface area (TPSA) is 84.9 Å². The number of benzene rings is 1. The highest BCUT2D eigenvalue weighted by Crippen LogP contribution is 2.38. The molecule has 21 heavy (non-hydrogen) atoms. The number of methoxy groups -OCH3 is 1. The van der Waals surface area contributed by atoms with Crippen LogP contribution in [0.2, 0.25) is 0 Å². The molecule has 0 saturated carbocycles. The Hall–Kier alpha value is -1.76. The summed E-state index contributed by atoms with van der Waals surface area (Å²) < 4.78 is 11.4. The third-order valence-electron chi connectivity index (χ3n) is 3.22. The first kappa shape index (κ1) is 15.6. The largest absolute Gasteiger partial charge is 0.493 e. The minimum atomic E-state index is -1.06. The molecule has 0 spiro atoms. The first-order valence-corrected chi connectivity index (χ1v) is 7.37. The van der Waals surface area contributed by atoms with Crippen LogP contribution in [-0.4, -0.2) is 36.7 Å². The number of rotatable bonds is 4. The summed E-state index contributed by atoms with van der Waals surface area (Å²) in [6, 6.07) is 2.80. The molecule has 1 saturated heterocycles. The summed E-state index contributed by atoms with van der Waals surface area (Å²) >= 11 is 3.27. The molecule has 2 N–H and O–H groups in total. The fourth-order valence-electron chi connectivity index (χ4n) is 2.12. The zero-order valence-electron chi connectivity index (χ0n) is 11.5. The van der Waals surface area contributed by atoms with Gasteiger partial charge >= 0.3 is 5.97 Å². The van der Waals surface area contributed by atoms with Gasteiger partial charge in [-0.05, 0) is 47.3 Å². The third kappa shape index (κ3) is 3.66. The van der Waals surface area contributed by atoms with Crippen molar-refractivity contribution in [3.8, 4) is 11.5 Å². The maximum absolute atomic E-state index is 11.9. The molecule has 114 valence electrons. The van der Waals surface area contributed by atoms with Gasteiger partial charge in [-0.1, -0.05) is 0 Å². The molecule has 0 aliphatic carbocycles. The van der Waals surface area contributed by atoms with E-state index in [-0.39, 0.29) is 17.2 Å². The van der Waals surface area contributed by atoms with E-state index in [1.165, 1.54) is 19.2 Å². The predicted octanol–water partition coefficient (Wildman–Crippen LogP) is 2.20. The van der Waals surface area contributed by atoms with Crippen LogP contribution in [0.3, 0.4) is 0 Å². The fourth-order valence-corrected chi connectivity index (χ4v) is 2.66. The lowest BCUT2D eigenvalue weighted by molar-refractivity contribution is -0.127. The average Bonchev–Trinajstić information content (AvgIpc) is 2.65. The van der Waals surface area contributed by atoms with Crippen LogP contribution in [0.25, 0.3) is 0 Å². The zero-order chi connectivity index (χ0) is 15.4. The van der Waals surface area contributed by atoms with Crippen LogP contribution in [-0.2, 0) is 4.79 Å². The van der Waals surface area contributed by atoms with Gasteiger partial charge in [-0.25, -0.2) is 4.79 Å². The molecule has 1 amide bonds. The van der Waals surface area contributed by atoms with Gasteiger partial charge in [-0.15, -0.1) is 0 Å². The van der Waals surface area contributed by atoms with Crippen molar-refractivity contribution in [3.05, 3.63) is 22.2 Å². The predicted molar refractivity (Wildman–Crippen MR) is 78.9 cm³/mol. The van der Waals surface area contributed by atoms with Crippen molar-refractivity contribution >= 4 is 27.8 Å². The fraction of sp³-hybridized carbons (Fsp3) is 0.429. The van der Waals surface area contributed by atoms with Gasteiger partial charge in [0.05, 0.1) is 17.1 Å². The number of hydrogen-bond donors (Lipinski definition) is 2. The number of hydrogen-bond acceptors (Lipinski definition) is 4. The molecule has 1 atom stereocenters. The molecule has 1 fully saturated rings. The van der Waals surface area contributed by atoms with E-state index in [2.05, 4.69) is 21.2 Å². The molecular weight excluding hydrogens is 342 g/mol. The summed E-state index contributed by atoms with van der Waals surface area (Å²) in [6.45, 7) is 0.648. The molecule has 1 aromatic rings. The van der Waals surface area contributed by atoms with Crippen molar-refractivity contribution in [1.29, 1.82) is 0 Å². The zero-order valence-corrected chi connectivity index (χ0v) is 13.1. The lowest BCUT2D eigenvalue weighted by atomic mass is 10.1. The molecule has 1 aliphatic rings. The standard InChI is InChI=1S/C14H16BrNO5/c1-20-11-7-8(14(18)19)6-9(15)12(11)21-10-4-2-3-5-16-13(10)17/h6-7,10H,2-5H2,1H3,(H,16,17)(H,18,19). The van der Waals surface area contributed by atoms with E-state index >= 15 is 0 Å². The number of ether oxygens (including phenoxy) is 2. The Labute approximate surface area is 130 Å². The van der Waals surface area contributed by atoms with E-state index in [0.29, 0.717) is 23.2 Å². The molecule has 2 rings (SSSR count). The van der Waals surface area contributed by atoms with E-state index in [1.54, 1.807) is 0 Å². The Bertz CT molecular complexity index is 561. The Morgan fingerprint density at radius 3 is 2.86 bits per heavy atom. The van der Waals surface area contributed by atoms with Crippen LogP contribution in [0.15, 0.2) is 16.6 Å². The van der Waals surface area contributed by atoms with Gasteiger partial charge in [-0.3, -0.25) is 4.79 Å². The lowest BCUT2D eigenvalue weighted by Crippen LogP contribution is -2.36. The number of aromatic carboxylic acids is 1. The molecule has 0 bridgehead atoms. The van der Waals surface area contributed by atoms with Gasteiger partial charge in [0, 0.05) is 6.54 Å². The van der Waals surface area contributed by atoms with Gasteiger partial charge < -0.3 is 19.9 Å². The minimum absolute atomic E-state index is 0.0800. The second-order valence-corrected chi connectivity index (χ2v) is 5.54. The lowest BCUT2D eigenvalue weighted by Gasteiger charge is -2.19. The summed E-state index contributed by atoms with van der Waals surface area (Å²) in [6.07, 6.45) is 1.81. The molecule has 1 aliphatic heterocycles. The van der Waals surface area contributed by atoms with E-state index in [1.807, 2.05) is 0 Å². The average molecular weight is 358 g/mol. The molecule has 1 aromatic carbocycles. The molecule has 0 aromatic heterocycles. The molecular formula is C14H16BrNO5. The van der Waals surface area contributed by atoms with Gasteiger partial charge in [0.2, 0.25) is 0 Å². The van der Waals surface area contributed by atoms with Crippen LogP contribution >= 0.6 is 15.9 Å². The summed E-state index contributed by atoms with van der Waals surface area (Å²) in [5.74, 6) is -0.611. The number of amides is 1. The number of carboxylic acid groups (broad SMARTS) is 1. The quantitative estimate of drug-likeness (QED) is 0.862. The maximum atomic E-state index is 11.9. The van der Waals surface area contributed by atoms with Crippen molar-refractivity contribution in [3.63, 3.8) is 0 Å². The number of halogens is 1. The van der Waals surface area contributed by atoms with Crippen LogP contribution in [0.1, 0.15) is 29.6 Å². The van der Waals surface area contributed by atoms with Crippen molar-refractivity contribution in [2.24, 2.45) is 0 Å². The first-order valence-electron chi connectivity index (χ1n) is 6.58. The molecule has 6 nitrogen and oxygen atoms in total. The van der Waals surface area contributed by atoms with Crippen molar-refractivity contribution in [2.45, 2.75) is 25.4 Å². The number of carboxylic acids is 1. The van der Waals surface area contributed by atoms with Crippen LogP contribution < -0.4 is 14.8 Å². The van der Waals surface area contributed by atoms with Crippen molar-refractivity contribution < 1.29 is 24.2 Å². The van der Waals surface area contributed by atoms with E-state index in [4.69, 9.17) is 14.6 Å². The monoisotopic (exact) mass is 357 g/mol. The van der Waals surface area contributed by atoms with Gasteiger partial charge in [-0.2, -0.15) is 0 Å².